The van der Waals surface area contributed by atoms with Crippen LogP contribution in [-0.4, -0.2) is 47.0 Å². The van der Waals surface area contributed by atoms with Crippen LogP contribution in [0.3, 0.4) is 0 Å². The van der Waals surface area contributed by atoms with Gasteiger partial charge in [-0.15, -0.1) is 0 Å². The first-order chi connectivity index (χ1) is 15.8. The number of nitrogens with zero attached hydrogens (tertiary/aromatic N) is 4. The summed E-state index contributed by atoms with van der Waals surface area (Å²) in [5, 5.41) is 0.935. The van der Waals surface area contributed by atoms with E-state index in [-0.39, 0.29) is 5.91 Å². The van der Waals surface area contributed by atoms with Gasteiger partial charge in [0.1, 0.15) is 11.6 Å². The molecule has 0 radical (unpaired) electrons. The molecule has 1 aliphatic heterocycles. The van der Waals surface area contributed by atoms with Gasteiger partial charge >= 0.3 is 0 Å². The number of carbonyl (C=O) groups is 1. The zero-order valence-corrected chi connectivity index (χ0v) is 20.7. The van der Waals surface area contributed by atoms with Crippen molar-refractivity contribution in [3.63, 3.8) is 0 Å². The summed E-state index contributed by atoms with van der Waals surface area (Å²) in [5.74, 6) is 1.69. The van der Waals surface area contributed by atoms with E-state index in [1.54, 1.807) is 18.2 Å². The van der Waals surface area contributed by atoms with Gasteiger partial charge < -0.3 is 9.80 Å². The highest BCUT2D eigenvalue weighted by molar-refractivity contribution is 6.35. The van der Waals surface area contributed by atoms with Crippen LogP contribution in [0.15, 0.2) is 42.5 Å². The largest absolute Gasteiger partial charge is 0.354 e. The zero-order valence-electron chi connectivity index (χ0n) is 19.2. The number of hydrogen-bond donors (Lipinski definition) is 0. The van der Waals surface area contributed by atoms with Crippen molar-refractivity contribution in [3.8, 4) is 0 Å². The van der Waals surface area contributed by atoms with Gasteiger partial charge in [-0.2, -0.15) is 0 Å². The quantitative estimate of drug-likeness (QED) is 0.481. The van der Waals surface area contributed by atoms with E-state index in [1.165, 1.54) is 11.1 Å². The Morgan fingerprint density at radius 2 is 1.61 bits per heavy atom. The van der Waals surface area contributed by atoms with Crippen molar-refractivity contribution in [2.75, 3.05) is 31.1 Å². The fraction of sp³-hybridized carbons (Fsp3) is 0.346. The summed E-state index contributed by atoms with van der Waals surface area (Å²) in [7, 11) is 0. The maximum atomic E-state index is 13.1. The molecule has 0 bridgehead atoms. The summed E-state index contributed by atoms with van der Waals surface area (Å²) < 4.78 is 0. The number of carbonyl (C=O) groups excluding carboxylic acids is 1. The van der Waals surface area contributed by atoms with Gasteiger partial charge in [0.2, 0.25) is 0 Å². The van der Waals surface area contributed by atoms with Crippen LogP contribution in [0.4, 0.5) is 5.82 Å². The van der Waals surface area contributed by atoms with Gasteiger partial charge in [-0.3, -0.25) is 4.79 Å². The number of benzene rings is 2. The number of aryl methyl sites for hydroxylation is 3. The molecule has 172 valence electrons. The number of rotatable bonds is 4. The summed E-state index contributed by atoms with van der Waals surface area (Å²) in [4.78, 5) is 26.8. The van der Waals surface area contributed by atoms with Gasteiger partial charge in [0.15, 0.2) is 0 Å². The molecule has 0 N–H and O–H groups in total. The molecule has 2 aromatic carbocycles. The van der Waals surface area contributed by atoms with E-state index in [1.807, 2.05) is 11.8 Å². The average molecular weight is 483 g/mol. The lowest BCUT2D eigenvalue weighted by Crippen LogP contribution is -2.35. The van der Waals surface area contributed by atoms with E-state index >= 15 is 0 Å². The van der Waals surface area contributed by atoms with Gasteiger partial charge in [-0.25, -0.2) is 9.97 Å². The molecule has 0 atom stereocenters. The van der Waals surface area contributed by atoms with Crippen molar-refractivity contribution >= 4 is 34.9 Å². The Hall–Kier alpha value is -2.63. The van der Waals surface area contributed by atoms with Gasteiger partial charge in [0.25, 0.3) is 5.91 Å². The topological polar surface area (TPSA) is 49.3 Å². The summed E-state index contributed by atoms with van der Waals surface area (Å²) >= 11 is 12.2. The summed E-state index contributed by atoms with van der Waals surface area (Å²) in [6.07, 6.45) is 1.63. The van der Waals surface area contributed by atoms with Crippen LogP contribution in [-0.2, 0) is 6.42 Å². The van der Waals surface area contributed by atoms with E-state index in [4.69, 9.17) is 28.2 Å². The van der Waals surface area contributed by atoms with E-state index in [9.17, 15) is 4.79 Å². The fourth-order valence-electron chi connectivity index (χ4n) is 4.29. The van der Waals surface area contributed by atoms with Crippen LogP contribution in [0.1, 0.15) is 45.0 Å². The third-order valence-corrected chi connectivity index (χ3v) is 6.43. The first-order valence-corrected chi connectivity index (χ1v) is 12.0. The second kappa shape index (κ2) is 10.1. The molecule has 0 saturated carbocycles. The lowest BCUT2D eigenvalue weighted by molar-refractivity contribution is 0.0767. The number of anilines is 1. The van der Waals surface area contributed by atoms with Crippen molar-refractivity contribution in [1.29, 1.82) is 0 Å². The normalized spacial score (nSPS) is 14.3. The minimum atomic E-state index is -0.0452. The predicted octanol–water partition coefficient (Wildman–Crippen LogP) is 5.65. The maximum Gasteiger partial charge on any atom is 0.254 e. The van der Waals surface area contributed by atoms with Crippen LogP contribution in [0, 0.1) is 20.8 Å². The molecule has 7 heteroatoms. The third kappa shape index (κ3) is 5.66. The molecule has 0 spiro atoms. The average Bonchev–Trinajstić information content (AvgIpc) is 3.02. The third-order valence-electron chi connectivity index (χ3n) is 6.00. The van der Waals surface area contributed by atoms with E-state index in [0.29, 0.717) is 35.2 Å². The van der Waals surface area contributed by atoms with Crippen LogP contribution < -0.4 is 4.90 Å². The summed E-state index contributed by atoms with van der Waals surface area (Å²) in [6, 6.07) is 13.6. The lowest BCUT2D eigenvalue weighted by atomic mass is 10.0. The number of amides is 1. The van der Waals surface area contributed by atoms with E-state index in [2.05, 4.69) is 48.0 Å². The van der Waals surface area contributed by atoms with Crippen molar-refractivity contribution < 1.29 is 4.79 Å². The summed E-state index contributed by atoms with van der Waals surface area (Å²) in [5.41, 5.74) is 5.15. The van der Waals surface area contributed by atoms with Crippen molar-refractivity contribution in [1.82, 2.24) is 14.9 Å². The van der Waals surface area contributed by atoms with Crippen LogP contribution in [0.2, 0.25) is 10.0 Å². The standard InChI is InChI=1S/C26H28Cl2N4O/c1-17-5-7-20(8-6-17)13-24-18(2)29-19(3)30-25(24)31-9-4-10-32(12-11-31)26(33)21-14-22(27)16-23(28)15-21/h5-8,14-16H,4,9-13H2,1-3H3. The molecule has 1 amide bonds. The van der Waals surface area contributed by atoms with Crippen LogP contribution in [0.25, 0.3) is 0 Å². The molecule has 1 saturated heterocycles. The van der Waals surface area contributed by atoms with Crippen molar-refractivity contribution in [2.24, 2.45) is 0 Å². The number of hydrogen-bond acceptors (Lipinski definition) is 4. The Morgan fingerprint density at radius 1 is 0.909 bits per heavy atom. The SMILES string of the molecule is Cc1ccc(Cc2c(C)nc(C)nc2N2CCCN(C(=O)c3cc(Cl)cc(Cl)c3)CC2)cc1. The number of aromatic nitrogens is 2. The van der Waals surface area contributed by atoms with Crippen molar-refractivity contribution in [3.05, 3.63) is 86.3 Å². The molecule has 5 nitrogen and oxygen atoms in total. The Balaban J connectivity index is 1.56. The highest BCUT2D eigenvalue weighted by Gasteiger charge is 2.24. The molecule has 0 unspecified atom stereocenters. The van der Waals surface area contributed by atoms with E-state index in [0.717, 1.165) is 42.3 Å². The maximum absolute atomic E-state index is 13.1. The fourth-order valence-corrected chi connectivity index (χ4v) is 4.81. The summed E-state index contributed by atoms with van der Waals surface area (Å²) in [6.45, 7) is 8.90. The smallest absolute Gasteiger partial charge is 0.254 e. The van der Waals surface area contributed by atoms with Gasteiger partial charge in [0.05, 0.1) is 0 Å². The predicted molar refractivity (Wildman–Crippen MR) is 135 cm³/mol. The van der Waals surface area contributed by atoms with Gasteiger partial charge in [-0.05, 0) is 51.0 Å². The Morgan fingerprint density at radius 3 is 2.30 bits per heavy atom. The molecule has 3 aromatic rings. The molecular weight excluding hydrogens is 455 g/mol. The first kappa shape index (κ1) is 23.5. The van der Waals surface area contributed by atoms with Gasteiger partial charge in [-0.1, -0.05) is 53.0 Å². The number of halogens is 2. The Bertz CT molecular complexity index is 1140. The van der Waals surface area contributed by atoms with Crippen LogP contribution in [0.5, 0.6) is 0 Å². The highest BCUT2D eigenvalue weighted by atomic mass is 35.5. The highest BCUT2D eigenvalue weighted by Crippen LogP contribution is 2.26. The molecular formula is C26H28Cl2N4O. The minimum Gasteiger partial charge on any atom is -0.354 e. The molecule has 2 heterocycles. The first-order valence-electron chi connectivity index (χ1n) is 11.2. The molecule has 4 rings (SSSR count). The monoisotopic (exact) mass is 482 g/mol. The van der Waals surface area contributed by atoms with Gasteiger partial charge in [0, 0.05) is 59.5 Å². The van der Waals surface area contributed by atoms with Crippen molar-refractivity contribution in [2.45, 2.75) is 33.6 Å². The van der Waals surface area contributed by atoms with E-state index < -0.39 is 0 Å². The molecule has 0 aliphatic carbocycles. The second-order valence-corrected chi connectivity index (χ2v) is 9.48. The Labute approximate surface area is 205 Å². The Kier molecular flexibility index (Phi) is 7.20. The second-order valence-electron chi connectivity index (χ2n) is 8.61. The zero-order chi connectivity index (χ0) is 23.5. The molecule has 1 fully saturated rings. The minimum absolute atomic E-state index is 0.0452. The lowest BCUT2D eigenvalue weighted by Gasteiger charge is -2.26. The van der Waals surface area contributed by atoms with Crippen LogP contribution >= 0.6 is 23.2 Å². The molecule has 1 aliphatic rings. The molecule has 33 heavy (non-hydrogen) atoms. The molecule has 1 aromatic heterocycles.